The number of nitro groups is 1. The topological polar surface area (TPSA) is 116 Å². The number of ether oxygens (including phenoxy) is 1. The summed E-state index contributed by atoms with van der Waals surface area (Å²) in [5.74, 6) is 0.0618. The van der Waals surface area contributed by atoms with Crippen molar-refractivity contribution in [2.24, 2.45) is 0 Å². The van der Waals surface area contributed by atoms with Crippen LogP contribution in [0.2, 0.25) is 0 Å². The van der Waals surface area contributed by atoms with Gasteiger partial charge < -0.3 is 10.1 Å². The fourth-order valence-corrected chi connectivity index (χ4v) is 1.71. The Morgan fingerprint density at radius 1 is 1.55 bits per heavy atom. The molecule has 0 saturated carbocycles. The number of hydrogen-bond donors (Lipinski definition) is 1. The van der Waals surface area contributed by atoms with E-state index in [0.29, 0.717) is 26.0 Å². The predicted octanol–water partition coefficient (Wildman–Crippen LogP) is 0.853. The number of rotatable bonds is 3. The second-order valence-corrected chi connectivity index (χ2v) is 5.70. The SMILES string of the molecule is CC(C)(C)OC=O.O=C1CCNCC1n1cc([N+](=O)[O-])cn1. The van der Waals surface area contributed by atoms with Gasteiger partial charge in [0.15, 0.2) is 5.78 Å². The zero-order valence-corrected chi connectivity index (χ0v) is 12.8. The van der Waals surface area contributed by atoms with Gasteiger partial charge in [0.2, 0.25) is 0 Å². The highest BCUT2D eigenvalue weighted by atomic mass is 16.6. The van der Waals surface area contributed by atoms with Crippen molar-refractivity contribution < 1.29 is 19.2 Å². The summed E-state index contributed by atoms with van der Waals surface area (Å²) in [6.45, 7) is 7.07. The van der Waals surface area contributed by atoms with Gasteiger partial charge in [-0.1, -0.05) is 0 Å². The predicted molar refractivity (Wildman–Crippen MR) is 77.3 cm³/mol. The molecule has 1 atom stereocenters. The lowest BCUT2D eigenvalue weighted by Gasteiger charge is -2.21. The van der Waals surface area contributed by atoms with Gasteiger partial charge in [0, 0.05) is 19.5 Å². The Labute approximate surface area is 127 Å². The molecule has 0 aromatic carbocycles. The maximum absolute atomic E-state index is 11.5. The van der Waals surface area contributed by atoms with Crippen LogP contribution in [0.25, 0.3) is 0 Å². The number of carbonyl (C=O) groups is 2. The number of ketones is 1. The minimum atomic E-state index is -0.524. The summed E-state index contributed by atoms with van der Waals surface area (Å²) in [4.78, 5) is 31.0. The zero-order chi connectivity index (χ0) is 16.8. The summed E-state index contributed by atoms with van der Waals surface area (Å²) >= 11 is 0. The average molecular weight is 312 g/mol. The Bertz CT molecular complexity index is 535. The first-order valence-corrected chi connectivity index (χ1v) is 6.78. The number of hydrogen-bond acceptors (Lipinski definition) is 7. The maximum Gasteiger partial charge on any atom is 0.307 e. The zero-order valence-electron chi connectivity index (χ0n) is 12.8. The molecule has 0 amide bonds. The summed E-state index contributed by atoms with van der Waals surface area (Å²) in [5, 5.41) is 17.3. The van der Waals surface area contributed by atoms with E-state index in [1.54, 1.807) is 0 Å². The number of piperidine rings is 1. The largest absolute Gasteiger partial charge is 0.462 e. The number of aromatic nitrogens is 2. The van der Waals surface area contributed by atoms with E-state index in [1.165, 1.54) is 10.9 Å². The molecule has 1 N–H and O–H groups in total. The molecule has 2 heterocycles. The third-order valence-corrected chi connectivity index (χ3v) is 2.78. The van der Waals surface area contributed by atoms with Crippen molar-refractivity contribution in [3.05, 3.63) is 22.5 Å². The van der Waals surface area contributed by atoms with Crippen LogP contribution in [0.15, 0.2) is 12.4 Å². The standard InChI is InChI=1S/C8H10N4O3.C5H10O2/c13-8-1-2-9-4-7(8)11-5-6(3-10-11)12(14)15;1-5(2,3)7-4-6/h3,5,7,9H,1-2,4H2;4H,1-3H3. The second kappa shape index (κ2) is 7.64. The molecule has 9 heteroatoms. The van der Waals surface area contributed by atoms with Crippen molar-refractivity contribution in [3.8, 4) is 0 Å². The van der Waals surface area contributed by atoms with Crippen LogP contribution in [0.5, 0.6) is 0 Å². The van der Waals surface area contributed by atoms with Gasteiger partial charge in [-0.05, 0) is 20.8 Å². The van der Waals surface area contributed by atoms with Gasteiger partial charge in [0.25, 0.3) is 6.47 Å². The Hall–Kier alpha value is -2.29. The van der Waals surface area contributed by atoms with Gasteiger partial charge in [-0.25, -0.2) is 0 Å². The number of Topliss-reactive ketones (excluding diaryl/α,β-unsaturated/α-hetero) is 1. The van der Waals surface area contributed by atoms with Gasteiger partial charge in [-0.15, -0.1) is 0 Å². The molecule has 9 nitrogen and oxygen atoms in total. The molecule has 0 aliphatic carbocycles. The normalized spacial score (nSPS) is 18.1. The van der Waals surface area contributed by atoms with Gasteiger partial charge >= 0.3 is 5.69 Å². The van der Waals surface area contributed by atoms with Crippen LogP contribution in [-0.2, 0) is 14.3 Å². The molecular weight excluding hydrogens is 292 g/mol. The monoisotopic (exact) mass is 312 g/mol. The fraction of sp³-hybridized carbons (Fsp3) is 0.615. The smallest absolute Gasteiger partial charge is 0.307 e. The highest BCUT2D eigenvalue weighted by Crippen LogP contribution is 2.16. The van der Waals surface area contributed by atoms with E-state index in [4.69, 9.17) is 0 Å². The van der Waals surface area contributed by atoms with Crippen molar-refractivity contribution in [3.63, 3.8) is 0 Å². The van der Waals surface area contributed by atoms with E-state index in [9.17, 15) is 19.7 Å². The first kappa shape index (κ1) is 17.8. The molecule has 1 aliphatic heterocycles. The number of nitrogens with one attached hydrogen (secondary N) is 1. The summed E-state index contributed by atoms with van der Waals surface area (Å²) in [6, 6.07) is -0.410. The summed E-state index contributed by atoms with van der Waals surface area (Å²) in [5.41, 5.74) is -0.407. The molecule has 1 aromatic heterocycles. The molecule has 1 aromatic rings. The minimum Gasteiger partial charge on any atom is -0.462 e. The third kappa shape index (κ3) is 5.60. The van der Waals surface area contributed by atoms with Crippen molar-refractivity contribution in [2.75, 3.05) is 13.1 Å². The van der Waals surface area contributed by atoms with Crippen LogP contribution < -0.4 is 5.32 Å². The van der Waals surface area contributed by atoms with Crippen LogP contribution in [-0.4, -0.2) is 45.6 Å². The van der Waals surface area contributed by atoms with Crippen molar-refractivity contribution in [1.82, 2.24) is 15.1 Å². The molecule has 1 fully saturated rings. The Balaban J connectivity index is 0.000000295. The molecule has 2 rings (SSSR count). The third-order valence-electron chi connectivity index (χ3n) is 2.78. The van der Waals surface area contributed by atoms with Crippen molar-refractivity contribution in [1.29, 1.82) is 0 Å². The van der Waals surface area contributed by atoms with E-state index in [1.807, 2.05) is 20.8 Å². The van der Waals surface area contributed by atoms with E-state index in [0.717, 1.165) is 6.20 Å². The summed E-state index contributed by atoms with van der Waals surface area (Å²) in [7, 11) is 0. The van der Waals surface area contributed by atoms with Crippen LogP contribution in [0, 0.1) is 10.1 Å². The first-order chi connectivity index (χ1) is 10.2. The van der Waals surface area contributed by atoms with Crippen LogP contribution in [0.1, 0.15) is 33.2 Å². The van der Waals surface area contributed by atoms with Crippen LogP contribution >= 0.6 is 0 Å². The molecule has 1 aliphatic rings. The summed E-state index contributed by atoms with van der Waals surface area (Å²) in [6.07, 6.45) is 2.88. The lowest BCUT2D eigenvalue weighted by Crippen LogP contribution is -2.38. The molecule has 122 valence electrons. The molecule has 0 radical (unpaired) electrons. The Morgan fingerprint density at radius 2 is 2.23 bits per heavy atom. The molecular formula is C13H20N4O5. The lowest BCUT2D eigenvalue weighted by atomic mass is 10.1. The molecule has 0 spiro atoms. The molecule has 1 saturated heterocycles. The summed E-state index contributed by atoms with van der Waals surface area (Å²) < 4.78 is 5.90. The second-order valence-electron chi connectivity index (χ2n) is 5.70. The van der Waals surface area contributed by atoms with Crippen molar-refractivity contribution in [2.45, 2.75) is 38.8 Å². The van der Waals surface area contributed by atoms with Crippen LogP contribution in [0.3, 0.4) is 0 Å². The Kier molecular flexibility index (Phi) is 6.17. The minimum absolute atomic E-state index is 0.0618. The molecule has 1 unspecified atom stereocenters. The highest BCUT2D eigenvalue weighted by Gasteiger charge is 2.25. The maximum atomic E-state index is 11.5. The highest BCUT2D eigenvalue weighted by molar-refractivity contribution is 5.83. The first-order valence-electron chi connectivity index (χ1n) is 6.78. The van der Waals surface area contributed by atoms with E-state index in [2.05, 4.69) is 15.2 Å². The van der Waals surface area contributed by atoms with Gasteiger partial charge in [-0.3, -0.25) is 24.4 Å². The van der Waals surface area contributed by atoms with Gasteiger partial charge in [-0.2, -0.15) is 5.10 Å². The van der Waals surface area contributed by atoms with Gasteiger partial charge in [0.05, 0.1) is 4.92 Å². The fourth-order valence-electron chi connectivity index (χ4n) is 1.71. The van der Waals surface area contributed by atoms with Gasteiger partial charge in [0.1, 0.15) is 24.0 Å². The Morgan fingerprint density at radius 3 is 2.64 bits per heavy atom. The van der Waals surface area contributed by atoms with E-state index >= 15 is 0 Å². The van der Waals surface area contributed by atoms with Crippen LogP contribution in [0.4, 0.5) is 5.69 Å². The number of carbonyl (C=O) groups excluding carboxylic acids is 2. The molecule has 22 heavy (non-hydrogen) atoms. The quantitative estimate of drug-likeness (QED) is 0.499. The van der Waals surface area contributed by atoms with Crippen molar-refractivity contribution >= 4 is 17.9 Å². The van der Waals surface area contributed by atoms with E-state index < -0.39 is 11.0 Å². The van der Waals surface area contributed by atoms with E-state index in [-0.39, 0.29) is 17.1 Å². The number of nitrogens with zero attached hydrogens (tertiary/aromatic N) is 3. The lowest BCUT2D eigenvalue weighted by molar-refractivity contribution is -0.385. The molecule has 0 bridgehead atoms. The average Bonchev–Trinajstić information content (AvgIpc) is 2.88.